The van der Waals surface area contributed by atoms with Gasteiger partial charge in [-0.2, -0.15) is 51.0 Å². The highest BCUT2D eigenvalue weighted by atomic mass is 19.1. The number of aromatic amines is 11. The number of H-pyrrole nitrogens is 11. The zero-order valence-electron chi connectivity index (χ0n) is 75.3. The van der Waals surface area contributed by atoms with Crippen LogP contribution in [0.25, 0.3) is 168 Å². The first-order valence-corrected chi connectivity index (χ1v) is 43.8. The first-order valence-electron chi connectivity index (χ1n) is 43.8. The summed E-state index contributed by atoms with van der Waals surface area (Å²) in [5.74, 6) is 12.8. The maximum Gasteiger partial charge on any atom is 0.247 e. The highest BCUT2D eigenvalue weighted by molar-refractivity contribution is 6.00. The number of hydrogen-bond acceptors (Lipinski definition) is 20. The van der Waals surface area contributed by atoms with Crippen LogP contribution in [0.3, 0.4) is 0 Å². The molecule has 0 radical (unpaired) electrons. The molecule has 0 bridgehead atoms. The van der Waals surface area contributed by atoms with Crippen molar-refractivity contribution in [3.63, 3.8) is 0 Å². The molecule has 0 fully saturated rings. The number of hydrogen-bond donors (Lipinski definition) is 11. The van der Waals surface area contributed by atoms with Gasteiger partial charge in [0.1, 0.15) is 57.8 Å². The summed E-state index contributed by atoms with van der Waals surface area (Å²) in [7, 11) is 3.28. The molecule has 0 aliphatic carbocycles. The van der Waals surface area contributed by atoms with Crippen LogP contribution in [0.2, 0.25) is 0 Å². The molecule has 11 N–H and O–H groups in total. The van der Waals surface area contributed by atoms with E-state index in [9.17, 15) is 9.18 Å². The Kier molecular flexibility index (Phi) is 25.6. The van der Waals surface area contributed by atoms with Crippen molar-refractivity contribution in [2.75, 3.05) is 20.8 Å². The second-order valence-corrected chi connectivity index (χ2v) is 34.8. The number of pyridine rings is 2. The summed E-state index contributed by atoms with van der Waals surface area (Å²) < 4.78 is 29.7. The lowest BCUT2D eigenvalue weighted by Crippen LogP contribution is -2.01. The molecule has 32 heteroatoms. The summed E-state index contributed by atoms with van der Waals surface area (Å²) in [5.41, 5.74) is 21.4. The quantitative estimate of drug-likeness (QED) is 0.0300. The fourth-order valence-electron chi connectivity index (χ4n) is 15.7. The Morgan fingerprint density at radius 1 is 0.344 bits per heavy atom. The average molecular weight is 1750 g/mol. The molecule has 12 aromatic heterocycles. The number of methoxy groups -OCH3 is 2. The van der Waals surface area contributed by atoms with Crippen LogP contribution in [0.15, 0.2) is 187 Å². The Balaban J connectivity index is 0.000000115. The van der Waals surface area contributed by atoms with Crippen molar-refractivity contribution >= 4 is 54.5 Å². The molecule has 0 unspecified atom stereocenters. The molecule has 31 nitrogen and oxygen atoms in total. The van der Waals surface area contributed by atoms with Gasteiger partial charge in [-0.25, -0.2) is 34.3 Å². The summed E-state index contributed by atoms with van der Waals surface area (Å²) in [6, 6.07) is 54.7. The van der Waals surface area contributed by atoms with Gasteiger partial charge in [0.2, 0.25) is 11.4 Å². The van der Waals surface area contributed by atoms with E-state index in [1.807, 2.05) is 116 Å². The second-order valence-electron chi connectivity index (χ2n) is 34.8. The first kappa shape index (κ1) is 87.3. The van der Waals surface area contributed by atoms with Crippen molar-refractivity contribution in [3.05, 3.63) is 244 Å². The predicted molar refractivity (Wildman–Crippen MR) is 507 cm³/mol. The number of nitrogens with zero attached hydrogens (tertiary/aromatic N) is 16. The Morgan fingerprint density at radius 2 is 0.672 bits per heavy atom. The topological polar surface area (TPSA) is 425 Å². The summed E-state index contributed by atoms with van der Waals surface area (Å²) in [6.45, 7) is 26.2. The lowest BCUT2D eigenvalue weighted by Gasteiger charge is -2.06. The van der Waals surface area contributed by atoms with Crippen molar-refractivity contribution in [1.29, 1.82) is 0 Å². The molecular weight excluding hydrogens is 1650 g/mol. The molecule has 0 spiro atoms. The van der Waals surface area contributed by atoms with Crippen LogP contribution in [-0.2, 0) is 38.5 Å². The highest BCUT2D eigenvalue weighted by Crippen LogP contribution is 2.39. The molecule has 13 heterocycles. The lowest BCUT2D eigenvalue weighted by atomic mass is 10.0. The SMILES string of the molecule is CC(C)Cc1nc(-c2ccc3[nH]nc(-c4ccc(=O)[nH]c4)c3c2)n[nH]1.CC(C)Cc1nc(-c2ccc3[nH]nc(-c4ccc5c(c4)CCO5)c3c2)n[nH]1.COc1ccc(-c2n[nH]c3ccc(-c4n[nH]c(CC(C)C)n4)cc23)cc1C.COc1ccc(-c2n[nH]c3ccc(-c4n[nH]c(CC(C)C)n4)cc23)cn1.Cc1cc(-c2n[nH]c3ccc(-c4n[nH]c(CC(C)C)n4)cc23)ccc1F. The zero-order valence-corrected chi connectivity index (χ0v) is 75.3. The summed E-state index contributed by atoms with van der Waals surface area (Å²) in [6.07, 6.45) is 8.76. The molecule has 0 atom stereocenters. The Labute approximate surface area is 752 Å². The molecule has 0 amide bonds. The van der Waals surface area contributed by atoms with Crippen LogP contribution < -0.4 is 19.8 Å². The van der Waals surface area contributed by atoms with Crippen LogP contribution in [0.4, 0.5) is 4.39 Å². The van der Waals surface area contributed by atoms with Crippen LogP contribution >= 0.6 is 0 Å². The van der Waals surface area contributed by atoms with Crippen molar-refractivity contribution < 1.29 is 18.6 Å². The molecular formula is C99H102FN27O4. The van der Waals surface area contributed by atoms with E-state index >= 15 is 0 Å². The Hall–Kier alpha value is -15.8. The summed E-state index contributed by atoms with van der Waals surface area (Å²) >= 11 is 0. The van der Waals surface area contributed by atoms with Crippen LogP contribution in [-0.4, -0.2) is 158 Å². The smallest absolute Gasteiger partial charge is 0.247 e. The van der Waals surface area contributed by atoms with E-state index in [-0.39, 0.29) is 11.4 Å². The van der Waals surface area contributed by atoms with Gasteiger partial charge in [0, 0.05) is 146 Å². The standard InChI is InChI=1S/C21H21N5O.C21H23N5O.C20H20FN5.C19H20N6O.C18H18N6O/c1-12(2)9-19-22-21(26-24-19)15-3-5-17-16(11-15)20(25-23-17)14-4-6-18-13(10-14)7-8-27-18;1-12(2)9-19-22-21(26-24-19)15-5-7-17-16(11-15)20(25-23-17)14-6-8-18(27-4)13(3)10-14;1-11(2)8-18-22-20(26-24-18)14-5-7-17-15(10-14)19(25-23-17)13-4-6-16(21)12(3)9-13;1-11(2)8-16-21-19(25-23-16)12-4-6-15-14(9-12)18(24-22-15)13-5-7-17(26-3)20-10-13;1-10(2)7-15-20-18(24-22-15)11-3-5-14-13(8-11)17(23-21-14)12-4-6-16(25)19-9-12/h3-6,10-12H,7-9H2,1-2H3,(H,23,25)(H,22,24,26);5-8,10-12H,9H2,1-4H3,(H,23,25)(H,22,24,26);4-7,9-11H,8H2,1-3H3,(H,23,25)(H,22,24,26);4-7,9-11H,8H2,1-3H3,(H,22,24)(H,21,23,25);3-6,8-10H,7H2,1-2H3,(H,19,25)(H,21,23)(H,20,22,24). The number of rotatable bonds is 22. The molecule has 1 aliphatic rings. The van der Waals surface area contributed by atoms with Gasteiger partial charge in [-0.3, -0.25) is 55.8 Å². The largest absolute Gasteiger partial charge is 0.496 e. The third kappa shape index (κ3) is 20.0. The van der Waals surface area contributed by atoms with Gasteiger partial charge in [0.05, 0.1) is 65.5 Å². The van der Waals surface area contributed by atoms with Crippen LogP contribution in [0.5, 0.6) is 17.4 Å². The molecule has 8 aromatic carbocycles. The minimum absolute atomic E-state index is 0.136. The maximum absolute atomic E-state index is 13.6. The van der Waals surface area contributed by atoms with E-state index in [2.05, 4.69) is 242 Å². The Bertz CT molecular complexity index is 7420. The zero-order chi connectivity index (χ0) is 91.1. The second kappa shape index (κ2) is 38.4. The van der Waals surface area contributed by atoms with Crippen molar-refractivity contribution in [1.82, 2.24) is 137 Å². The van der Waals surface area contributed by atoms with Gasteiger partial charge in [0.15, 0.2) is 29.1 Å². The van der Waals surface area contributed by atoms with Gasteiger partial charge in [-0.15, -0.1) is 0 Å². The van der Waals surface area contributed by atoms with E-state index < -0.39 is 0 Å². The third-order valence-corrected chi connectivity index (χ3v) is 22.1. The van der Waals surface area contributed by atoms with E-state index in [1.54, 1.807) is 45.7 Å². The minimum Gasteiger partial charge on any atom is -0.496 e. The van der Waals surface area contributed by atoms with Gasteiger partial charge < -0.3 is 19.2 Å². The first-order chi connectivity index (χ1) is 63.5. The highest BCUT2D eigenvalue weighted by Gasteiger charge is 2.23. The summed E-state index contributed by atoms with van der Waals surface area (Å²) in [5, 5.41) is 79.7. The van der Waals surface area contributed by atoms with Gasteiger partial charge in [-0.05, 0) is 218 Å². The summed E-state index contributed by atoms with van der Waals surface area (Å²) in [4.78, 5) is 41.3. The van der Waals surface area contributed by atoms with E-state index in [1.165, 1.54) is 17.7 Å². The lowest BCUT2D eigenvalue weighted by molar-refractivity contribution is 0.357. The van der Waals surface area contributed by atoms with Gasteiger partial charge in [0.25, 0.3) is 0 Å². The number of nitrogens with one attached hydrogen (secondary N) is 11. The fraction of sp³-hybridized carbons (Fsp3) is 0.263. The Morgan fingerprint density at radius 3 is 1.00 bits per heavy atom. The average Bonchev–Trinajstić information content (AvgIpc) is 1.64. The molecule has 664 valence electrons. The molecule has 21 rings (SSSR count). The monoisotopic (exact) mass is 1750 g/mol. The van der Waals surface area contributed by atoms with Gasteiger partial charge in [-0.1, -0.05) is 69.2 Å². The third-order valence-electron chi connectivity index (χ3n) is 22.1. The van der Waals surface area contributed by atoms with E-state index in [4.69, 9.17) is 14.2 Å². The normalized spacial score (nSPS) is 11.8. The molecule has 0 saturated carbocycles. The number of aryl methyl sites for hydroxylation is 2. The molecule has 1 aliphatic heterocycles. The van der Waals surface area contributed by atoms with E-state index in [0.29, 0.717) is 64.3 Å². The van der Waals surface area contributed by atoms with Gasteiger partial charge >= 0.3 is 0 Å². The number of benzene rings is 8. The predicted octanol–water partition coefficient (Wildman–Crippen LogP) is 19.9. The van der Waals surface area contributed by atoms with Crippen LogP contribution in [0.1, 0.15) is 115 Å². The fourth-order valence-corrected chi connectivity index (χ4v) is 15.7. The maximum atomic E-state index is 13.6. The number of aromatic nitrogens is 27. The molecule has 0 saturated heterocycles. The number of ether oxygens (including phenoxy) is 3. The minimum atomic E-state index is -0.215. The number of fused-ring (bicyclic) bond motifs is 6. The molecule has 131 heavy (non-hydrogen) atoms. The number of halogens is 1. The van der Waals surface area contributed by atoms with Crippen molar-refractivity contribution in [3.8, 4) is 131 Å². The van der Waals surface area contributed by atoms with Crippen LogP contribution in [0, 0.1) is 49.3 Å². The van der Waals surface area contributed by atoms with E-state index in [0.717, 1.165) is 236 Å². The molecule has 20 aromatic rings. The van der Waals surface area contributed by atoms with Crippen molar-refractivity contribution in [2.24, 2.45) is 29.6 Å². The van der Waals surface area contributed by atoms with Crippen molar-refractivity contribution in [2.45, 2.75) is 122 Å².